The van der Waals surface area contributed by atoms with Gasteiger partial charge in [-0.05, 0) is 49.9 Å². The first-order valence-electron chi connectivity index (χ1n) is 7.27. The summed E-state index contributed by atoms with van der Waals surface area (Å²) in [6.45, 7) is 4.25. The van der Waals surface area contributed by atoms with Gasteiger partial charge in [-0.15, -0.1) is 0 Å². The molecule has 0 saturated heterocycles. The summed E-state index contributed by atoms with van der Waals surface area (Å²) in [4.78, 5) is 23.2. The molecule has 0 spiro atoms. The lowest BCUT2D eigenvalue weighted by Crippen LogP contribution is -2.57. The number of urea groups is 1. The smallest absolute Gasteiger partial charge is 0.329 e. The van der Waals surface area contributed by atoms with Crippen LogP contribution in [-0.2, 0) is 4.79 Å². The van der Waals surface area contributed by atoms with Crippen LogP contribution in [0.15, 0.2) is 0 Å². The van der Waals surface area contributed by atoms with Crippen molar-refractivity contribution in [3.63, 3.8) is 0 Å². The standard InChI is InChI=1S/C14H24N2O3/c1-3-14(4-2,11(17)18)16-12(19)15-9-13(7-8-13)10-5-6-10/h10H,3-9H2,1-2H3,(H,17,18)(H2,15,16,19). The molecule has 2 amide bonds. The highest BCUT2D eigenvalue weighted by Crippen LogP contribution is 2.60. The molecular weight excluding hydrogens is 244 g/mol. The van der Waals surface area contributed by atoms with E-state index in [-0.39, 0.29) is 6.03 Å². The van der Waals surface area contributed by atoms with Crippen LogP contribution in [0.2, 0.25) is 0 Å². The third kappa shape index (κ3) is 2.85. The first-order valence-corrected chi connectivity index (χ1v) is 7.27. The molecule has 2 aliphatic rings. The summed E-state index contributed by atoms with van der Waals surface area (Å²) in [6.07, 6.45) is 5.74. The van der Waals surface area contributed by atoms with Crippen molar-refractivity contribution in [2.75, 3.05) is 6.54 Å². The maximum atomic E-state index is 11.9. The zero-order valence-corrected chi connectivity index (χ0v) is 11.8. The fourth-order valence-electron chi connectivity index (χ4n) is 2.89. The van der Waals surface area contributed by atoms with Gasteiger partial charge in [0, 0.05) is 6.54 Å². The minimum absolute atomic E-state index is 0.335. The molecule has 0 aliphatic heterocycles. The number of amides is 2. The summed E-state index contributed by atoms with van der Waals surface area (Å²) in [5.74, 6) is -0.176. The van der Waals surface area contributed by atoms with Gasteiger partial charge in [0.25, 0.3) is 0 Å². The van der Waals surface area contributed by atoms with Crippen LogP contribution in [0.1, 0.15) is 52.4 Å². The maximum absolute atomic E-state index is 11.9. The van der Waals surface area contributed by atoms with Gasteiger partial charge in [-0.3, -0.25) is 0 Å². The van der Waals surface area contributed by atoms with Gasteiger partial charge in [0.15, 0.2) is 0 Å². The van der Waals surface area contributed by atoms with E-state index in [1.807, 2.05) is 0 Å². The van der Waals surface area contributed by atoms with Crippen LogP contribution in [0.5, 0.6) is 0 Å². The van der Waals surface area contributed by atoms with E-state index >= 15 is 0 Å². The number of rotatable bonds is 7. The van der Waals surface area contributed by atoms with Crippen molar-refractivity contribution in [3.05, 3.63) is 0 Å². The summed E-state index contributed by atoms with van der Waals surface area (Å²) in [5.41, 5.74) is -0.804. The summed E-state index contributed by atoms with van der Waals surface area (Å²) in [6, 6.07) is -0.349. The predicted molar refractivity (Wildman–Crippen MR) is 71.9 cm³/mol. The molecule has 2 fully saturated rings. The maximum Gasteiger partial charge on any atom is 0.329 e. The molecule has 0 radical (unpaired) electrons. The second-order valence-electron chi connectivity index (χ2n) is 6.04. The highest BCUT2D eigenvalue weighted by Gasteiger charge is 2.53. The number of carbonyl (C=O) groups excluding carboxylic acids is 1. The van der Waals surface area contributed by atoms with Crippen LogP contribution in [0.3, 0.4) is 0 Å². The normalized spacial score (nSPS) is 20.7. The van der Waals surface area contributed by atoms with Crippen LogP contribution in [-0.4, -0.2) is 29.2 Å². The number of carboxylic acids is 1. The zero-order chi connectivity index (χ0) is 14.1. The molecule has 108 valence electrons. The number of carboxylic acid groups (broad SMARTS) is 1. The molecule has 0 heterocycles. The number of hydrogen-bond donors (Lipinski definition) is 3. The molecule has 3 N–H and O–H groups in total. The lowest BCUT2D eigenvalue weighted by molar-refractivity contribution is -0.144. The first kappa shape index (κ1) is 14.2. The van der Waals surface area contributed by atoms with E-state index in [9.17, 15) is 14.7 Å². The van der Waals surface area contributed by atoms with Gasteiger partial charge in [-0.25, -0.2) is 9.59 Å². The summed E-state index contributed by atoms with van der Waals surface area (Å²) >= 11 is 0. The van der Waals surface area contributed by atoms with E-state index in [2.05, 4.69) is 10.6 Å². The Morgan fingerprint density at radius 1 is 1.26 bits per heavy atom. The van der Waals surface area contributed by atoms with E-state index in [1.165, 1.54) is 25.7 Å². The molecule has 2 aliphatic carbocycles. The Morgan fingerprint density at radius 2 is 1.84 bits per heavy atom. The van der Waals surface area contributed by atoms with Gasteiger partial charge in [0.2, 0.25) is 0 Å². The second-order valence-corrected chi connectivity index (χ2v) is 6.04. The highest BCUT2D eigenvalue weighted by molar-refractivity contribution is 5.86. The summed E-state index contributed by atoms with van der Waals surface area (Å²) < 4.78 is 0. The lowest BCUT2D eigenvalue weighted by atomic mass is 9.93. The molecule has 5 heteroatoms. The molecule has 0 unspecified atom stereocenters. The Morgan fingerprint density at radius 3 is 2.21 bits per heavy atom. The Balaban J connectivity index is 1.84. The third-order valence-corrected chi connectivity index (χ3v) is 4.91. The topological polar surface area (TPSA) is 78.4 Å². The van der Waals surface area contributed by atoms with E-state index in [0.717, 1.165) is 5.92 Å². The average molecular weight is 268 g/mol. The van der Waals surface area contributed by atoms with Crippen LogP contribution in [0.25, 0.3) is 0 Å². The van der Waals surface area contributed by atoms with Crippen molar-refractivity contribution in [2.24, 2.45) is 11.3 Å². The van der Waals surface area contributed by atoms with Crippen LogP contribution in [0, 0.1) is 11.3 Å². The third-order valence-electron chi connectivity index (χ3n) is 4.91. The van der Waals surface area contributed by atoms with Crippen molar-refractivity contribution in [1.82, 2.24) is 10.6 Å². The fourth-order valence-corrected chi connectivity index (χ4v) is 2.89. The van der Waals surface area contributed by atoms with Crippen LogP contribution >= 0.6 is 0 Å². The quantitative estimate of drug-likeness (QED) is 0.661. The number of carbonyl (C=O) groups is 2. The molecule has 19 heavy (non-hydrogen) atoms. The van der Waals surface area contributed by atoms with Crippen LogP contribution < -0.4 is 10.6 Å². The minimum Gasteiger partial charge on any atom is -0.480 e. The Bertz CT molecular complexity index is 369. The Kier molecular flexibility index (Phi) is 3.74. The zero-order valence-electron chi connectivity index (χ0n) is 11.8. The minimum atomic E-state index is -1.14. The van der Waals surface area contributed by atoms with Crippen molar-refractivity contribution in [3.8, 4) is 0 Å². The van der Waals surface area contributed by atoms with Gasteiger partial charge in [-0.2, -0.15) is 0 Å². The molecule has 2 rings (SSSR count). The molecule has 0 aromatic heterocycles. The SMILES string of the molecule is CCC(CC)(NC(=O)NCC1(C2CC2)CC1)C(=O)O. The van der Waals surface area contributed by atoms with Gasteiger partial charge in [0.1, 0.15) is 5.54 Å². The molecule has 0 aromatic rings. The second kappa shape index (κ2) is 5.02. The van der Waals surface area contributed by atoms with E-state index in [0.29, 0.717) is 24.8 Å². The van der Waals surface area contributed by atoms with Crippen molar-refractivity contribution in [1.29, 1.82) is 0 Å². The van der Waals surface area contributed by atoms with E-state index in [1.54, 1.807) is 13.8 Å². The summed E-state index contributed by atoms with van der Waals surface area (Å²) in [5, 5.41) is 14.8. The predicted octanol–water partition coefficient (Wildman–Crippen LogP) is 2.12. The molecule has 0 atom stereocenters. The number of hydrogen-bond acceptors (Lipinski definition) is 2. The average Bonchev–Trinajstić information content (AvgIpc) is 3.26. The number of aliphatic carboxylic acids is 1. The fraction of sp³-hybridized carbons (Fsp3) is 0.857. The molecule has 2 saturated carbocycles. The Labute approximate surface area is 114 Å². The van der Waals surface area contributed by atoms with Crippen LogP contribution in [0.4, 0.5) is 4.79 Å². The molecular formula is C14H24N2O3. The van der Waals surface area contributed by atoms with E-state index in [4.69, 9.17) is 0 Å². The van der Waals surface area contributed by atoms with Crippen molar-refractivity contribution in [2.45, 2.75) is 57.9 Å². The number of nitrogens with one attached hydrogen (secondary N) is 2. The summed E-state index contributed by atoms with van der Waals surface area (Å²) in [7, 11) is 0. The molecule has 5 nitrogen and oxygen atoms in total. The van der Waals surface area contributed by atoms with Gasteiger partial charge < -0.3 is 15.7 Å². The largest absolute Gasteiger partial charge is 0.480 e. The first-order chi connectivity index (χ1) is 8.98. The van der Waals surface area contributed by atoms with E-state index < -0.39 is 11.5 Å². The molecule has 0 bridgehead atoms. The lowest BCUT2D eigenvalue weighted by Gasteiger charge is -2.28. The molecule has 0 aromatic carbocycles. The Hall–Kier alpha value is -1.26. The van der Waals surface area contributed by atoms with Gasteiger partial charge in [0.05, 0.1) is 0 Å². The van der Waals surface area contributed by atoms with Gasteiger partial charge in [-0.1, -0.05) is 13.8 Å². The highest BCUT2D eigenvalue weighted by atomic mass is 16.4. The monoisotopic (exact) mass is 268 g/mol. The van der Waals surface area contributed by atoms with Crippen molar-refractivity contribution < 1.29 is 14.7 Å². The van der Waals surface area contributed by atoms with Gasteiger partial charge >= 0.3 is 12.0 Å². The van der Waals surface area contributed by atoms with Crippen molar-refractivity contribution >= 4 is 12.0 Å².